The van der Waals surface area contributed by atoms with Gasteiger partial charge in [-0.25, -0.2) is 0 Å². The first-order chi connectivity index (χ1) is 8.16. The van der Waals surface area contributed by atoms with Crippen LogP contribution >= 0.6 is 11.6 Å². The first-order valence-corrected chi connectivity index (χ1v) is 7.00. The van der Waals surface area contributed by atoms with Crippen LogP contribution in [0.2, 0.25) is 0 Å². The smallest absolute Gasteiger partial charge is 0.0556 e. The van der Waals surface area contributed by atoms with Gasteiger partial charge in [0.1, 0.15) is 0 Å². The largest absolute Gasteiger partial charge is 0.313 e. The van der Waals surface area contributed by atoms with Crippen molar-refractivity contribution in [2.24, 2.45) is 5.92 Å². The molecule has 2 nitrogen and oxygen atoms in total. The molecule has 0 amide bonds. The molecule has 0 bridgehead atoms. The fourth-order valence-corrected chi connectivity index (χ4v) is 3.11. The standard InChI is InChI=1S/C14H23ClN2/c1-17(2)9-7-14-13(6-8-16-14)11-4-3-5-12(15)10-11/h3-5,12-14,16H,6-10H2,1-2H3/t12?,13-,14-/m1/s1. The first kappa shape index (κ1) is 13.1. The SMILES string of the molecule is CN(C)CC[C@H]1NCC[C@@H]1C1=CC=CC(Cl)C1. The van der Waals surface area contributed by atoms with Crippen LogP contribution in [-0.4, -0.2) is 43.5 Å². The minimum absolute atomic E-state index is 0.199. The van der Waals surface area contributed by atoms with Crippen molar-refractivity contribution in [2.45, 2.75) is 30.7 Å². The number of hydrogen-bond donors (Lipinski definition) is 1. The van der Waals surface area contributed by atoms with E-state index in [0.717, 1.165) is 19.5 Å². The zero-order valence-corrected chi connectivity index (χ0v) is 11.6. The van der Waals surface area contributed by atoms with E-state index in [9.17, 15) is 0 Å². The summed E-state index contributed by atoms with van der Waals surface area (Å²) >= 11 is 6.21. The van der Waals surface area contributed by atoms with Crippen molar-refractivity contribution in [1.82, 2.24) is 10.2 Å². The van der Waals surface area contributed by atoms with E-state index in [0.29, 0.717) is 12.0 Å². The second-order valence-corrected chi connectivity index (χ2v) is 5.95. The Hall–Kier alpha value is -0.310. The van der Waals surface area contributed by atoms with Crippen LogP contribution in [0.3, 0.4) is 0 Å². The maximum atomic E-state index is 6.21. The quantitative estimate of drug-likeness (QED) is 0.776. The summed E-state index contributed by atoms with van der Waals surface area (Å²) < 4.78 is 0. The second-order valence-electron chi connectivity index (χ2n) is 5.39. The molecule has 0 aromatic heterocycles. The Labute approximate surface area is 110 Å². The molecule has 3 heteroatoms. The Morgan fingerprint density at radius 3 is 3.00 bits per heavy atom. The van der Waals surface area contributed by atoms with E-state index in [-0.39, 0.29) is 5.38 Å². The van der Waals surface area contributed by atoms with Gasteiger partial charge in [0.05, 0.1) is 5.38 Å². The minimum atomic E-state index is 0.199. The van der Waals surface area contributed by atoms with Crippen LogP contribution in [0, 0.1) is 5.92 Å². The van der Waals surface area contributed by atoms with Crippen molar-refractivity contribution in [3.05, 3.63) is 23.8 Å². The molecule has 1 saturated heterocycles. The molecule has 3 atom stereocenters. The highest BCUT2D eigenvalue weighted by Crippen LogP contribution is 2.32. The summed E-state index contributed by atoms with van der Waals surface area (Å²) in [5, 5.41) is 3.84. The lowest BCUT2D eigenvalue weighted by atomic mass is 9.85. The Bertz CT molecular complexity index is 309. The van der Waals surface area contributed by atoms with E-state index in [1.54, 1.807) is 5.57 Å². The van der Waals surface area contributed by atoms with Crippen LogP contribution < -0.4 is 5.32 Å². The summed E-state index contributed by atoms with van der Waals surface area (Å²) in [6.07, 6.45) is 10.0. The normalized spacial score (nSPS) is 33.2. The molecular formula is C14H23ClN2. The van der Waals surface area contributed by atoms with Gasteiger partial charge < -0.3 is 10.2 Å². The van der Waals surface area contributed by atoms with Gasteiger partial charge in [-0.1, -0.05) is 23.8 Å². The molecule has 1 aliphatic heterocycles. The van der Waals surface area contributed by atoms with Crippen molar-refractivity contribution in [2.75, 3.05) is 27.2 Å². The van der Waals surface area contributed by atoms with Crippen molar-refractivity contribution >= 4 is 11.6 Å². The molecule has 1 heterocycles. The average molecular weight is 255 g/mol. The molecule has 1 aliphatic carbocycles. The number of hydrogen-bond acceptors (Lipinski definition) is 2. The summed E-state index contributed by atoms with van der Waals surface area (Å²) in [5.74, 6) is 0.696. The molecule has 17 heavy (non-hydrogen) atoms. The van der Waals surface area contributed by atoms with Crippen LogP contribution in [0.5, 0.6) is 0 Å². The van der Waals surface area contributed by atoms with E-state index in [1.807, 2.05) is 0 Å². The highest BCUT2D eigenvalue weighted by molar-refractivity contribution is 6.22. The van der Waals surface area contributed by atoms with Crippen LogP contribution in [0.4, 0.5) is 0 Å². The van der Waals surface area contributed by atoms with Crippen molar-refractivity contribution in [3.63, 3.8) is 0 Å². The molecule has 1 unspecified atom stereocenters. The molecule has 1 fully saturated rings. The topological polar surface area (TPSA) is 15.3 Å². The fourth-order valence-electron chi connectivity index (χ4n) is 2.85. The van der Waals surface area contributed by atoms with Crippen molar-refractivity contribution in [1.29, 1.82) is 0 Å². The van der Waals surface area contributed by atoms with Crippen molar-refractivity contribution in [3.8, 4) is 0 Å². The van der Waals surface area contributed by atoms with Crippen LogP contribution in [-0.2, 0) is 0 Å². The molecule has 96 valence electrons. The summed E-state index contributed by atoms with van der Waals surface area (Å²) in [4.78, 5) is 2.26. The van der Waals surface area contributed by atoms with Gasteiger partial charge in [0.15, 0.2) is 0 Å². The molecular weight excluding hydrogens is 232 g/mol. The Kier molecular flexibility index (Phi) is 4.66. The Morgan fingerprint density at radius 2 is 2.29 bits per heavy atom. The minimum Gasteiger partial charge on any atom is -0.313 e. The van der Waals surface area contributed by atoms with E-state index >= 15 is 0 Å². The molecule has 2 rings (SSSR count). The van der Waals surface area contributed by atoms with Crippen molar-refractivity contribution < 1.29 is 0 Å². The van der Waals surface area contributed by atoms with Gasteiger partial charge in [0, 0.05) is 6.04 Å². The van der Waals surface area contributed by atoms with E-state index in [4.69, 9.17) is 11.6 Å². The summed E-state index contributed by atoms with van der Waals surface area (Å²) in [5.41, 5.74) is 1.54. The number of nitrogens with zero attached hydrogens (tertiary/aromatic N) is 1. The Morgan fingerprint density at radius 1 is 1.47 bits per heavy atom. The molecule has 1 N–H and O–H groups in total. The van der Waals surface area contributed by atoms with Crippen LogP contribution in [0.25, 0.3) is 0 Å². The third kappa shape index (κ3) is 3.57. The number of rotatable bonds is 4. The molecule has 2 aliphatic rings. The molecule has 0 radical (unpaired) electrons. The summed E-state index contributed by atoms with van der Waals surface area (Å²) in [7, 11) is 4.28. The summed E-state index contributed by atoms with van der Waals surface area (Å²) in [6, 6.07) is 0.638. The second kappa shape index (κ2) is 6.03. The van der Waals surface area contributed by atoms with Crippen LogP contribution in [0.15, 0.2) is 23.8 Å². The number of nitrogens with one attached hydrogen (secondary N) is 1. The van der Waals surface area contributed by atoms with Gasteiger partial charge in [0.25, 0.3) is 0 Å². The zero-order chi connectivity index (χ0) is 12.3. The number of halogens is 1. The predicted octanol–water partition coefficient (Wildman–Crippen LogP) is 2.41. The first-order valence-electron chi connectivity index (χ1n) is 6.56. The van der Waals surface area contributed by atoms with Gasteiger partial charge in [-0.05, 0) is 52.4 Å². The lowest BCUT2D eigenvalue weighted by Crippen LogP contribution is -2.32. The van der Waals surface area contributed by atoms with Crippen LogP contribution in [0.1, 0.15) is 19.3 Å². The van der Waals surface area contributed by atoms with Gasteiger partial charge in [-0.3, -0.25) is 0 Å². The highest BCUT2D eigenvalue weighted by Gasteiger charge is 2.30. The lowest BCUT2D eigenvalue weighted by Gasteiger charge is -2.26. The zero-order valence-electron chi connectivity index (χ0n) is 10.8. The van der Waals surface area contributed by atoms with Gasteiger partial charge in [-0.2, -0.15) is 0 Å². The van der Waals surface area contributed by atoms with Gasteiger partial charge in [0.2, 0.25) is 0 Å². The van der Waals surface area contributed by atoms with Gasteiger partial charge >= 0.3 is 0 Å². The predicted molar refractivity (Wildman–Crippen MR) is 74.5 cm³/mol. The molecule has 0 aromatic rings. The number of alkyl halides is 1. The van der Waals surface area contributed by atoms with E-state index in [1.165, 1.54) is 12.8 Å². The van der Waals surface area contributed by atoms with E-state index < -0.39 is 0 Å². The molecule has 0 saturated carbocycles. The third-order valence-corrected chi connectivity index (χ3v) is 4.07. The Balaban J connectivity index is 1.94. The highest BCUT2D eigenvalue weighted by atomic mass is 35.5. The maximum Gasteiger partial charge on any atom is 0.0556 e. The fraction of sp³-hybridized carbons (Fsp3) is 0.714. The van der Waals surface area contributed by atoms with E-state index in [2.05, 4.69) is 42.5 Å². The maximum absolute atomic E-state index is 6.21. The number of allylic oxidation sites excluding steroid dienone is 3. The summed E-state index contributed by atoms with van der Waals surface area (Å²) in [6.45, 7) is 2.30. The molecule has 0 aromatic carbocycles. The third-order valence-electron chi connectivity index (χ3n) is 3.77. The van der Waals surface area contributed by atoms with Gasteiger partial charge in [-0.15, -0.1) is 11.6 Å². The molecule has 0 spiro atoms. The monoisotopic (exact) mass is 254 g/mol. The average Bonchev–Trinajstić information content (AvgIpc) is 2.74. The lowest BCUT2D eigenvalue weighted by molar-refractivity contribution is 0.350.